The van der Waals surface area contributed by atoms with Gasteiger partial charge >= 0.3 is 0 Å². The third-order valence-electron chi connectivity index (χ3n) is 3.28. The monoisotopic (exact) mass is 249 g/mol. The summed E-state index contributed by atoms with van der Waals surface area (Å²) in [7, 11) is 0. The summed E-state index contributed by atoms with van der Waals surface area (Å²) in [4.78, 5) is 4.24. The SMILES string of the molecule is CCCNc1cncc(NCC2(C)CCCO2)c1. The molecule has 0 radical (unpaired) electrons. The van der Waals surface area contributed by atoms with E-state index < -0.39 is 0 Å². The van der Waals surface area contributed by atoms with Gasteiger partial charge in [0.2, 0.25) is 0 Å². The molecule has 0 bridgehead atoms. The minimum absolute atomic E-state index is 0.0210. The Morgan fingerprint density at radius 1 is 1.33 bits per heavy atom. The van der Waals surface area contributed by atoms with E-state index in [0.29, 0.717) is 0 Å². The van der Waals surface area contributed by atoms with Crippen molar-refractivity contribution in [3.63, 3.8) is 0 Å². The zero-order chi connectivity index (χ0) is 12.8. The molecule has 18 heavy (non-hydrogen) atoms. The highest BCUT2D eigenvalue weighted by Gasteiger charge is 2.29. The fourth-order valence-electron chi connectivity index (χ4n) is 2.17. The highest BCUT2D eigenvalue weighted by Crippen LogP contribution is 2.25. The number of nitrogens with one attached hydrogen (secondary N) is 2. The summed E-state index contributed by atoms with van der Waals surface area (Å²) in [6.45, 7) is 7.02. The Morgan fingerprint density at radius 2 is 2.11 bits per heavy atom. The lowest BCUT2D eigenvalue weighted by Crippen LogP contribution is -2.32. The van der Waals surface area contributed by atoms with Gasteiger partial charge in [-0.1, -0.05) is 6.92 Å². The third kappa shape index (κ3) is 3.60. The summed E-state index contributed by atoms with van der Waals surface area (Å²) < 4.78 is 5.76. The van der Waals surface area contributed by atoms with Gasteiger partial charge in [-0.15, -0.1) is 0 Å². The molecule has 0 saturated carbocycles. The molecule has 1 aliphatic heterocycles. The highest BCUT2D eigenvalue weighted by molar-refractivity contribution is 5.54. The number of hydrogen-bond donors (Lipinski definition) is 2. The van der Waals surface area contributed by atoms with Gasteiger partial charge in [0.1, 0.15) is 0 Å². The van der Waals surface area contributed by atoms with Crippen LogP contribution >= 0.6 is 0 Å². The number of nitrogens with zero attached hydrogens (tertiary/aromatic N) is 1. The van der Waals surface area contributed by atoms with E-state index in [2.05, 4.69) is 35.5 Å². The number of hydrogen-bond acceptors (Lipinski definition) is 4. The van der Waals surface area contributed by atoms with Crippen LogP contribution in [0.3, 0.4) is 0 Å². The van der Waals surface area contributed by atoms with Crippen molar-refractivity contribution >= 4 is 11.4 Å². The van der Waals surface area contributed by atoms with E-state index in [1.807, 2.05) is 12.4 Å². The van der Waals surface area contributed by atoms with Crippen LogP contribution in [-0.4, -0.2) is 30.3 Å². The Bertz CT molecular complexity index is 375. The van der Waals surface area contributed by atoms with Gasteiger partial charge < -0.3 is 15.4 Å². The summed E-state index contributed by atoms with van der Waals surface area (Å²) in [5.41, 5.74) is 2.10. The summed E-state index contributed by atoms with van der Waals surface area (Å²) in [6, 6.07) is 2.10. The largest absolute Gasteiger partial charge is 0.384 e. The minimum atomic E-state index is -0.0210. The van der Waals surface area contributed by atoms with Crippen LogP contribution in [-0.2, 0) is 4.74 Å². The second kappa shape index (κ2) is 6.05. The van der Waals surface area contributed by atoms with Crippen molar-refractivity contribution in [2.45, 2.75) is 38.7 Å². The zero-order valence-corrected chi connectivity index (χ0v) is 11.3. The maximum atomic E-state index is 5.76. The lowest BCUT2D eigenvalue weighted by atomic mass is 10.0. The Kier molecular flexibility index (Phi) is 4.42. The topological polar surface area (TPSA) is 46.2 Å². The number of anilines is 2. The summed E-state index contributed by atoms with van der Waals surface area (Å²) >= 11 is 0. The standard InChI is InChI=1S/C14H23N3O/c1-3-6-16-12-8-13(10-15-9-12)17-11-14(2)5-4-7-18-14/h8-10,16-17H,3-7,11H2,1-2H3. The Hall–Kier alpha value is -1.29. The number of rotatable bonds is 6. The van der Waals surface area contributed by atoms with Crippen molar-refractivity contribution in [3.8, 4) is 0 Å². The first-order chi connectivity index (χ1) is 8.72. The smallest absolute Gasteiger partial charge is 0.0826 e. The molecule has 1 aromatic rings. The van der Waals surface area contributed by atoms with Crippen molar-refractivity contribution < 1.29 is 4.74 Å². The lowest BCUT2D eigenvalue weighted by molar-refractivity contribution is 0.0315. The van der Waals surface area contributed by atoms with Gasteiger partial charge in [0.05, 0.1) is 29.4 Å². The molecule has 4 heteroatoms. The van der Waals surface area contributed by atoms with E-state index in [9.17, 15) is 0 Å². The molecule has 1 fully saturated rings. The van der Waals surface area contributed by atoms with Gasteiger partial charge in [-0.05, 0) is 32.3 Å². The second-order valence-corrected chi connectivity index (χ2v) is 5.14. The molecule has 0 aromatic carbocycles. The van der Waals surface area contributed by atoms with E-state index >= 15 is 0 Å². The second-order valence-electron chi connectivity index (χ2n) is 5.14. The van der Waals surface area contributed by atoms with Crippen LogP contribution in [0.1, 0.15) is 33.1 Å². The van der Waals surface area contributed by atoms with Crippen LogP contribution in [0.25, 0.3) is 0 Å². The van der Waals surface area contributed by atoms with E-state index in [4.69, 9.17) is 4.74 Å². The fourth-order valence-corrected chi connectivity index (χ4v) is 2.17. The van der Waals surface area contributed by atoms with Gasteiger partial charge in [-0.25, -0.2) is 0 Å². The number of aromatic nitrogens is 1. The van der Waals surface area contributed by atoms with Crippen LogP contribution in [0.2, 0.25) is 0 Å². The molecule has 100 valence electrons. The number of pyridine rings is 1. The average molecular weight is 249 g/mol. The molecule has 2 N–H and O–H groups in total. The first-order valence-electron chi connectivity index (χ1n) is 6.79. The van der Waals surface area contributed by atoms with Gasteiger partial charge in [0.25, 0.3) is 0 Å². The maximum absolute atomic E-state index is 5.76. The van der Waals surface area contributed by atoms with Crippen LogP contribution < -0.4 is 10.6 Å². The first-order valence-corrected chi connectivity index (χ1v) is 6.79. The van der Waals surface area contributed by atoms with Crippen molar-refractivity contribution in [2.24, 2.45) is 0 Å². The molecule has 1 saturated heterocycles. The molecule has 1 aliphatic rings. The van der Waals surface area contributed by atoms with Crippen LogP contribution in [0.5, 0.6) is 0 Å². The summed E-state index contributed by atoms with van der Waals surface area (Å²) in [5, 5.41) is 6.75. The molecule has 1 aromatic heterocycles. The van der Waals surface area contributed by atoms with Crippen LogP contribution in [0.4, 0.5) is 11.4 Å². The Morgan fingerprint density at radius 3 is 2.78 bits per heavy atom. The molecule has 0 spiro atoms. The van der Waals surface area contributed by atoms with Crippen molar-refractivity contribution in [1.29, 1.82) is 0 Å². The minimum Gasteiger partial charge on any atom is -0.384 e. The lowest BCUT2D eigenvalue weighted by Gasteiger charge is -2.24. The molecular formula is C14H23N3O. The summed E-state index contributed by atoms with van der Waals surface area (Å²) in [5.74, 6) is 0. The van der Waals surface area contributed by atoms with Gasteiger partial charge in [-0.2, -0.15) is 0 Å². The van der Waals surface area contributed by atoms with Gasteiger partial charge in [0, 0.05) is 19.7 Å². The maximum Gasteiger partial charge on any atom is 0.0826 e. The predicted molar refractivity (Wildman–Crippen MR) is 75.1 cm³/mol. The molecule has 0 aliphatic carbocycles. The molecular weight excluding hydrogens is 226 g/mol. The number of ether oxygens (including phenoxy) is 1. The van der Waals surface area contributed by atoms with E-state index in [0.717, 1.165) is 50.3 Å². The van der Waals surface area contributed by atoms with Gasteiger partial charge in [0.15, 0.2) is 0 Å². The fraction of sp³-hybridized carbons (Fsp3) is 0.643. The zero-order valence-electron chi connectivity index (χ0n) is 11.3. The Labute approximate surface area is 109 Å². The van der Waals surface area contributed by atoms with Crippen LogP contribution in [0, 0.1) is 0 Å². The molecule has 1 unspecified atom stereocenters. The van der Waals surface area contributed by atoms with Gasteiger partial charge in [-0.3, -0.25) is 4.98 Å². The molecule has 1 atom stereocenters. The van der Waals surface area contributed by atoms with E-state index in [1.165, 1.54) is 0 Å². The Balaban J connectivity index is 1.88. The average Bonchev–Trinajstić information content (AvgIpc) is 2.82. The molecule has 2 heterocycles. The third-order valence-corrected chi connectivity index (χ3v) is 3.28. The molecule has 0 amide bonds. The predicted octanol–water partition coefficient (Wildman–Crippen LogP) is 2.88. The highest BCUT2D eigenvalue weighted by atomic mass is 16.5. The normalized spacial score (nSPS) is 23.0. The van der Waals surface area contributed by atoms with Crippen molar-refractivity contribution in [2.75, 3.05) is 30.3 Å². The van der Waals surface area contributed by atoms with Crippen molar-refractivity contribution in [3.05, 3.63) is 18.5 Å². The van der Waals surface area contributed by atoms with Crippen LogP contribution in [0.15, 0.2) is 18.5 Å². The van der Waals surface area contributed by atoms with E-state index in [-0.39, 0.29) is 5.60 Å². The molecule has 4 nitrogen and oxygen atoms in total. The molecule has 2 rings (SSSR count). The van der Waals surface area contributed by atoms with E-state index in [1.54, 1.807) is 0 Å². The quantitative estimate of drug-likeness (QED) is 0.814. The van der Waals surface area contributed by atoms with Crippen molar-refractivity contribution in [1.82, 2.24) is 4.98 Å². The first kappa shape index (κ1) is 13.1. The summed E-state index contributed by atoms with van der Waals surface area (Å²) in [6.07, 6.45) is 7.11.